The Morgan fingerprint density at radius 3 is 2.67 bits per heavy atom. The lowest BCUT2D eigenvalue weighted by Gasteiger charge is -2.11. The van der Waals surface area contributed by atoms with Gasteiger partial charge in [-0.15, -0.1) is 0 Å². The van der Waals surface area contributed by atoms with Crippen LogP contribution in [-0.2, 0) is 12.8 Å². The fraction of sp³-hybridized carbons (Fsp3) is 0.444. The number of aliphatic imine (C=N–C) groups is 1. The first-order valence-electron chi connectivity index (χ1n) is 8.29. The molecule has 0 spiro atoms. The molecule has 0 radical (unpaired) electrons. The zero-order valence-corrected chi connectivity index (χ0v) is 15.3. The lowest BCUT2D eigenvalue weighted by Crippen LogP contribution is -2.38. The van der Waals surface area contributed by atoms with Gasteiger partial charge in [0, 0.05) is 30.2 Å². The van der Waals surface area contributed by atoms with Gasteiger partial charge in [0.2, 0.25) is 0 Å². The van der Waals surface area contributed by atoms with Gasteiger partial charge in [0.1, 0.15) is 5.76 Å². The number of nitrogens with zero attached hydrogens (tertiary/aromatic N) is 2. The Morgan fingerprint density at radius 2 is 2.00 bits per heavy atom. The SMILES string of the molecule is CCNC(=NCCc1c(C)noc1C)NCCc1ccccc1Cl. The number of aryl methyl sites for hydroxylation is 2. The van der Waals surface area contributed by atoms with Gasteiger partial charge in [0.25, 0.3) is 0 Å². The highest BCUT2D eigenvalue weighted by atomic mass is 35.5. The van der Waals surface area contributed by atoms with Crippen LogP contribution in [0, 0.1) is 13.8 Å². The van der Waals surface area contributed by atoms with Crippen molar-refractivity contribution in [2.45, 2.75) is 33.6 Å². The Balaban J connectivity index is 1.85. The summed E-state index contributed by atoms with van der Waals surface area (Å²) in [7, 11) is 0. The monoisotopic (exact) mass is 348 g/mol. The summed E-state index contributed by atoms with van der Waals surface area (Å²) in [5.74, 6) is 1.69. The van der Waals surface area contributed by atoms with Crippen LogP contribution >= 0.6 is 11.6 Å². The Morgan fingerprint density at radius 1 is 1.21 bits per heavy atom. The fourth-order valence-electron chi connectivity index (χ4n) is 2.50. The summed E-state index contributed by atoms with van der Waals surface area (Å²) in [6.45, 7) is 8.24. The number of aromatic nitrogens is 1. The number of halogens is 1. The Labute approximate surface area is 148 Å². The molecule has 0 aliphatic heterocycles. The van der Waals surface area contributed by atoms with E-state index < -0.39 is 0 Å². The van der Waals surface area contributed by atoms with E-state index in [2.05, 4.69) is 27.7 Å². The summed E-state index contributed by atoms with van der Waals surface area (Å²) in [5, 5.41) is 11.4. The van der Waals surface area contributed by atoms with Crippen LogP contribution in [0.2, 0.25) is 5.02 Å². The van der Waals surface area contributed by atoms with Gasteiger partial charge in [-0.3, -0.25) is 4.99 Å². The molecule has 0 aliphatic carbocycles. The minimum absolute atomic E-state index is 0.685. The minimum Gasteiger partial charge on any atom is -0.361 e. The van der Waals surface area contributed by atoms with Crippen molar-refractivity contribution in [3.63, 3.8) is 0 Å². The average molecular weight is 349 g/mol. The van der Waals surface area contributed by atoms with Crippen LogP contribution in [0.25, 0.3) is 0 Å². The van der Waals surface area contributed by atoms with Crippen LogP contribution in [0.5, 0.6) is 0 Å². The van der Waals surface area contributed by atoms with Crippen molar-refractivity contribution >= 4 is 17.6 Å². The molecule has 6 heteroatoms. The summed E-state index contributed by atoms with van der Waals surface area (Å²) in [5.41, 5.74) is 3.23. The van der Waals surface area contributed by atoms with Crippen molar-refractivity contribution in [3.8, 4) is 0 Å². The van der Waals surface area contributed by atoms with Crippen LogP contribution in [-0.4, -0.2) is 30.8 Å². The molecular formula is C18H25ClN4O. The molecule has 0 saturated carbocycles. The van der Waals surface area contributed by atoms with Gasteiger partial charge >= 0.3 is 0 Å². The van der Waals surface area contributed by atoms with Gasteiger partial charge in [-0.2, -0.15) is 0 Å². The molecule has 2 rings (SSSR count). The summed E-state index contributed by atoms with van der Waals surface area (Å²) in [6.07, 6.45) is 1.68. The molecule has 0 fully saturated rings. The third-order valence-corrected chi connectivity index (χ3v) is 4.17. The smallest absolute Gasteiger partial charge is 0.191 e. The van der Waals surface area contributed by atoms with Gasteiger partial charge in [-0.05, 0) is 45.2 Å². The molecule has 0 amide bonds. The summed E-state index contributed by atoms with van der Waals surface area (Å²) in [6, 6.07) is 7.91. The standard InChI is InChI=1S/C18H25ClN4O/c1-4-20-18(21-11-9-15-7-5-6-8-17(15)19)22-12-10-16-13(2)23-24-14(16)3/h5-8H,4,9-12H2,1-3H3,(H2,20,21,22). The van der Waals surface area contributed by atoms with E-state index in [0.717, 1.165) is 59.5 Å². The second-order valence-electron chi connectivity index (χ2n) is 5.58. The van der Waals surface area contributed by atoms with Crippen LogP contribution in [0.4, 0.5) is 0 Å². The van der Waals surface area contributed by atoms with E-state index in [9.17, 15) is 0 Å². The molecule has 5 nitrogen and oxygen atoms in total. The summed E-state index contributed by atoms with van der Waals surface area (Å²) < 4.78 is 5.18. The zero-order valence-electron chi connectivity index (χ0n) is 14.5. The van der Waals surface area contributed by atoms with Gasteiger partial charge in [0.15, 0.2) is 5.96 Å². The zero-order chi connectivity index (χ0) is 17.4. The second kappa shape index (κ2) is 9.33. The van der Waals surface area contributed by atoms with E-state index in [1.165, 1.54) is 0 Å². The summed E-state index contributed by atoms with van der Waals surface area (Å²) in [4.78, 5) is 4.62. The number of rotatable bonds is 7. The van der Waals surface area contributed by atoms with E-state index in [1.807, 2.05) is 38.1 Å². The lowest BCUT2D eigenvalue weighted by atomic mass is 10.1. The van der Waals surface area contributed by atoms with E-state index >= 15 is 0 Å². The van der Waals surface area contributed by atoms with Crippen LogP contribution < -0.4 is 10.6 Å². The Bertz CT molecular complexity index is 662. The lowest BCUT2D eigenvalue weighted by molar-refractivity contribution is 0.392. The highest BCUT2D eigenvalue weighted by Gasteiger charge is 2.08. The largest absolute Gasteiger partial charge is 0.361 e. The first-order chi connectivity index (χ1) is 11.6. The highest BCUT2D eigenvalue weighted by molar-refractivity contribution is 6.31. The number of hydrogen-bond donors (Lipinski definition) is 2. The Hall–Kier alpha value is -2.01. The van der Waals surface area contributed by atoms with Crippen molar-refractivity contribution < 1.29 is 4.52 Å². The van der Waals surface area contributed by atoms with E-state index in [4.69, 9.17) is 16.1 Å². The van der Waals surface area contributed by atoms with Crippen molar-refractivity contribution in [2.24, 2.45) is 4.99 Å². The molecule has 0 aliphatic rings. The summed E-state index contributed by atoms with van der Waals surface area (Å²) >= 11 is 6.18. The quantitative estimate of drug-likeness (QED) is 0.595. The maximum atomic E-state index is 6.18. The molecule has 2 N–H and O–H groups in total. The van der Waals surface area contributed by atoms with Crippen molar-refractivity contribution in [3.05, 3.63) is 51.9 Å². The molecule has 24 heavy (non-hydrogen) atoms. The molecular weight excluding hydrogens is 324 g/mol. The van der Waals surface area contributed by atoms with Gasteiger partial charge in [0.05, 0.1) is 5.69 Å². The topological polar surface area (TPSA) is 62.5 Å². The molecule has 2 aromatic rings. The molecule has 1 aromatic carbocycles. The average Bonchev–Trinajstić information content (AvgIpc) is 2.88. The fourth-order valence-corrected chi connectivity index (χ4v) is 2.73. The first-order valence-corrected chi connectivity index (χ1v) is 8.67. The number of hydrogen-bond acceptors (Lipinski definition) is 3. The van der Waals surface area contributed by atoms with E-state index in [0.29, 0.717) is 6.54 Å². The third kappa shape index (κ3) is 5.27. The number of nitrogens with one attached hydrogen (secondary N) is 2. The molecule has 130 valence electrons. The van der Waals surface area contributed by atoms with Crippen molar-refractivity contribution in [2.75, 3.05) is 19.6 Å². The van der Waals surface area contributed by atoms with Gasteiger partial charge < -0.3 is 15.2 Å². The molecule has 0 atom stereocenters. The minimum atomic E-state index is 0.685. The molecule has 0 bridgehead atoms. The van der Waals surface area contributed by atoms with Crippen LogP contribution in [0.3, 0.4) is 0 Å². The Kier molecular flexibility index (Phi) is 7.12. The van der Waals surface area contributed by atoms with Gasteiger partial charge in [-0.1, -0.05) is 35.0 Å². The molecule has 1 heterocycles. The van der Waals surface area contributed by atoms with Crippen LogP contribution in [0.1, 0.15) is 29.5 Å². The van der Waals surface area contributed by atoms with Crippen LogP contribution in [0.15, 0.2) is 33.8 Å². The van der Waals surface area contributed by atoms with Gasteiger partial charge in [-0.25, -0.2) is 0 Å². The molecule has 0 unspecified atom stereocenters. The van der Waals surface area contributed by atoms with Crippen molar-refractivity contribution in [1.82, 2.24) is 15.8 Å². The first kappa shape index (κ1) is 18.3. The van der Waals surface area contributed by atoms with E-state index in [1.54, 1.807) is 0 Å². The van der Waals surface area contributed by atoms with Crippen molar-refractivity contribution in [1.29, 1.82) is 0 Å². The number of benzene rings is 1. The highest BCUT2D eigenvalue weighted by Crippen LogP contribution is 2.15. The maximum absolute atomic E-state index is 6.18. The predicted molar refractivity (Wildman–Crippen MR) is 98.8 cm³/mol. The second-order valence-corrected chi connectivity index (χ2v) is 5.99. The maximum Gasteiger partial charge on any atom is 0.191 e. The molecule has 1 aromatic heterocycles. The number of guanidine groups is 1. The molecule has 0 saturated heterocycles. The van der Waals surface area contributed by atoms with E-state index in [-0.39, 0.29) is 0 Å². The predicted octanol–water partition coefficient (Wildman–Crippen LogP) is 3.29. The normalized spacial score (nSPS) is 11.6. The third-order valence-electron chi connectivity index (χ3n) is 3.80.